The van der Waals surface area contributed by atoms with E-state index in [1.54, 1.807) is 54.6 Å². The molecule has 0 atom stereocenters. The van der Waals surface area contributed by atoms with Gasteiger partial charge in [-0.1, -0.05) is 18.2 Å². The molecule has 0 aromatic heterocycles. The smallest absolute Gasteiger partial charge is 0.264 e. The van der Waals surface area contributed by atoms with Crippen molar-refractivity contribution in [2.24, 2.45) is 0 Å². The Morgan fingerprint density at radius 1 is 1.00 bits per heavy atom. The van der Waals surface area contributed by atoms with E-state index < -0.39 is 15.9 Å². The Labute approximate surface area is 193 Å². The SMILES string of the molecule is CCOc1ccc(N(CC(=O)Nc2ccccc2C)S(=O)(=O)c2ccc(SC)cc2)cc1. The van der Waals surface area contributed by atoms with E-state index in [2.05, 4.69) is 5.32 Å². The van der Waals surface area contributed by atoms with E-state index in [-0.39, 0.29) is 11.4 Å². The number of hydrogen-bond acceptors (Lipinski definition) is 5. The molecule has 8 heteroatoms. The molecule has 0 bridgehead atoms. The molecule has 6 nitrogen and oxygen atoms in total. The Morgan fingerprint density at radius 2 is 1.66 bits per heavy atom. The highest BCUT2D eigenvalue weighted by molar-refractivity contribution is 7.98. The largest absolute Gasteiger partial charge is 0.494 e. The topological polar surface area (TPSA) is 75.7 Å². The van der Waals surface area contributed by atoms with E-state index in [1.807, 2.05) is 38.3 Å². The molecule has 0 radical (unpaired) electrons. The van der Waals surface area contributed by atoms with Crippen molar-refractivity contribution < 1.29 is 17.9 Å². The van der Waals surface area contributed by atoms with E-state index in [0.29, 0.717) is 23.7 Å². The Hall–Kier alpha value is -2.97. The highest BCUT2D eigenvalue weighted by Gasteiger charge is 2.27. The number of sulfonamides is 1. The lowest BCUT2D eigenvalue weighted by Gasteiger charge is -2.24. The first-order chi connectivity index (χ1) is 15.3. The summed E-state index contributed by atoms with van der Waals surface area (Å²) < 4.78 is 33.6. The Bertz CT molecular complexity index is 1160. The molecule has 1 N–H and O–H groups in total. The molecular formula is C24H26N2O4S2. The molecule has 168 valence electrons. The minimum absolute atomic E-state index is 0.118. The Morgan fingerprint density at radius 3 is 2.25 bits per heavy atom. The van der Waals surface area contributed by atoms with Crippen LogP contribution < -0.4 is 14.4 Å². The zero-order valence-electron chi connectivity index (χ0n) is 18.2. The molecular weight excluding hydrogens is 444 g/mol. The number of aryl methyl sites for hydroxylation is 1. The quantitative estimate of drug-likeness (QED) is 0.448. The molecule has 0 fully saturated rings. The zero-order valence-corrected chi connectivity index (χ0v) is 19.9. The summed E-state index contributed by atoms with van der Waals surface area (Å²) in [6.07, 6.45) is 1.92. The number of nitrogens with zero attached hydrogens (tertiary/aromatic N) is 1. The highest BCUT2D eigenvalue weighted by atomic mass is 32.2. The number of nitrogens with one attached hydrogen (secondary N) is 1. The van der Waals surface area contributed by atoms with Crippen LogP contribution in [0.4, 0.5) is 11.4 Å². The monoisotopic (exact) mass is 470 g/mol. The van der Waals surface area contributed by atoms with Gasteiger partial charge in [-0.3, -0.25) is 9.10 Å². The van der Waals surface area contributed by atoms with Crippen LogP contribution >= 0.6 is 11.8 Å². The molecule has 0 saturated heterocycles. The molecule has 0 saturated carbocycles. The van der Waals surface area contributed by atoms with Gasteiger partial charge in [0.1, 0.15) is 12.3 Å². The molecule has 3 rings (SSSR count). The zero-order chi connectivity index (χ0) is 23.1. The van der Waals surface area contributed by atoms with Crippen molar-refractivity contribution in [3.05, 3.63) is 78.4 Å². The van der Waals surface area contributed by atoms with Crippen LogP contribution in [0, 0.1) is 6.92 Å². The number of anilines is 2. The third-order valence-electron chi connectivity index (χ3n) is 4.79. The minimum Gasteiger partial charge on any atom is -0.494 e. The Balaban J connectivity index is 1.94. The number of rotatable bonds is 9. The van der Waals surface area contributed by atoms with Gasteiger partial charge in [-0.25, -0.2) is 8.42 Å². The summed E-state index contributed by atoms with van der Waals surface area (Å²) in [5, 5.41) is 2.81. The van der Waals surface area contributed by atoms with Crippen LogP contribution in [0.1, 0.15) is 12.5 Å². The van der Waals surface area contributed by atoms with Gasteiger partial charge in [-0.05, 0) is 80.3 Å². The highest BCUT2D eigenvalue weighted by Crippen LogP contribution is 2.27. The van der Waals surface area contributed by atoms with Gasteiger partial charge in [0.05, 0.1) is 17.2 Å². The van der Waals surface area contributed by atoms with Crippen molar-refractivity contribution in [2.75, 3.05) is 29.0 Å². The second kappa shape index (κ2) is 10.6. The van der Waals surface area contributed by atoms with Crippen molar-refractivity contribution in [3.63, 3.8) is 0 Å². The van der Waals surface area contributed by atoms with Crippen LogP contribution in [-0.4, -0.2) is 33.7 Å². The summed E-state index contributed by atoms with van der Waals surface area (Å²) in [6, 6.07) is 20.6. The number of carbonyl (C=O) groups excluding carboxylic acids is 1. The molecule has 0 aliphatic rings. The van der Waals surface area contributed by atoms with Crippen LogP contribution in [0.5, 0.6) is 5.75 Å². The first-order valence-corrected chi connectivity index (χ1v) is 12.8. The fourth-order valence-corrected chi connectivity index (χ4v) is 4.93. The van der Waals surface area contributed by atoms with Gasteiger partial charge in [0.2, 0.25) is 5.91 Å². The van der Waals surface area contributed by atoms with Crippen molar-refractivity contribution in [3.8, 4) is 5.75 Å². The normalized spacial score (nSPS) is 11.1. The second-order valence-corrected chi connectivity index (χ2v) is 9.72. The maximum atomic E-state index is 13.5. The van der Waals surface area contributed by atoms with Crippen molar-refractivity contribution in [2.45, 2.75) is 23.6 Å². The summed E-state index contributed by atoms with van der Waals surface area (Å²) in [4.78, 5) is 13.9. The third-order valence-corrected chi connectivity index (χ3v) is 7.32. The number of para-hydroxylation sites is 1. The summed E-state index contributed by atoms with van der Waals surface area (Å²) in [5.74, 6) is 0.194. The van der Waals surface area contributed by atoms with Gasteiger partial charge in [0, 0.05) is 10.6 Å². The van der Waals surface area contributed by atoms with Crippen molar-refractivity contribution in [1.29, 1.82) is 0 Å². The van der Waals surface area contributed by atoms with E-state index in [9.17, 15) is 13.2 Å². The molecule has 3 aromatic rings. The molecule has 0 unspecified atom stereocenters. The van der Waals surface area contributed by atoms with E-state index in [4.69, 9.17) is 4.74 Å². The Kier molecular flexibility index (Phi) is 7.82. The average Bonchev–Trinajstić information content (AvgIpc) is 2.80. The van der Waals surface area contributed by atoms with Crippen LogP contribution in [-0.2, 0) is 14.8 Å². The number of amides is 1. The van der Waals surface area contributed by atoms with Crippen molar-refractivity contribution >= 4 is 39.1 Å². The fraction of sp³-hybridized carbons (Fsp3) is 0.208. The van der Waals surface area contributed by atoms with Gasteiger partial charge in [-0.15, -0.1) is 11.8 Å². The lowest BCUT2D eigenvalue weighted by atomic mass is 10.2. The summed E-state index contributed by atoms with van der Waals surface area (Å²) in [5.41, 5.74) is 1.91. The summed E-state index contributed by atoms with van der Waals surface area (Å²) in [6.45, 7) is 3.89. The molecule has 0 spiro atoms. The maximum Gasteiger partial charge on any atom is 0.264 e. The van der Waals surface area contributed by atoms with Crippen molar-refractivity contribution in [1.82, 2.24) is 0 Å². The van der Waals surface area contributed by atoms with E-state index in [0.717, 1.165) is 14.8 Å². The van der Waals surface area contributed by atoms with Crippen LogP contribution in [0.15, 0.2) is 82.6 Å². The third kappa shape index (κ3) is 5.63. The molecule has 3 aromatic carbocycles. The molecule has 1 amide bonds. The molecule has 0 aliphatic carbocycles. The van der Waals surface area contributed by atoms with Gasteiger partial charge in [0.25, 0.3) is 10.0 Å². The number of hydrogen-bond donors (Lipinski definition) is 1. The molecule has 0 aliphatic heterocycles. The maximum absolute atomic E-state index is 13.5. The van der Waals surface area contributed by atoms with E-state index >= 15 is 0 Å². The average molecular weight is 471 g/mol. The lowest BCUT2D eigenvalue weighted by Crippen LogP contribution is -2.38. The van der Waals surface area contributed by atoms with Gasteiger partial charge >= 0.3 is 0 Å². The number of ether oxygens (including phenoxy) is 1. The predicted molar refractivity (Wildman–Crippen MR) is 130 cm³/mol. The minimum atomic E-state index is -3.98. The number of benzene rings is 3. The summed E-state index contributed by atoms with van der Waals surface area (Å²) >= 11 is 1.53. The van der Waals surface area contributed by atoms with Gasteiger partial charge in [-0.2, -0.15) is 0 Å². The molecule has 0 heterocycles. The number of thioether (sulfide) groups is 1. The van der Waals surface area contributed by atoms with Crippen LogP contribution in [0.3, 0.4) is 0 Å². The first kappa shape index (κ1) is 23.7. The summed E-state index contributed by atoms with van der Waals surface area (Å²) in [7, 11) is -3.98. The van der Waals surface area contributed by atoms with Crippen LogP contribution in [0.25, 0.3) is 0 Å². The lowest BCUT2D eigenvalue weighted by molar-refractivity contribution is -0.114. The fourth-order valence-electron chi connectivity index (χ4n) is 3.10. The predicted octanol–water partition coefficient (Wildman–Crippen LogP) is 4.95. The van der Waals surface area contributed by atoms with Gasteiger partial charge in [0.15, 0.2) is 0 Å². The van der Waals surface area contributed by atoms with Gasteiger partial charge < -0.3 is 10.1 Å². The first-order valence-electron chi connectivity index (χ1n) is 10.1. The number of carbonyl (C=O) groups is 1. The van der Waals surface area contributed by atoms with E-state index in [1.165, 1.54) is 11.8 Å². The van der Waals surface area contributed by atoms with Crippen LogP contribution in [0.2, 0.25) is 0 Å². The molecule has 32 heavy (non-hydrogen) atoms. The second-order valence-electron chi connectivity index (χ2n) is 6.98. The standard InChI is InChI=1S/C24H26N2O4S2/c1-4-30-20-11-9-19(10-12-20)26(17-24(27)25-23-8-6-5-7-18(23)2)32(28,29)22-15-13-21(31-3)14-16-22/h5-16H,4,17H2,1-3H3,(H,25,27).